The zero-order valence-corrected chi connectivity index (χ0v) is 18.0. The lowest BCUT2D eigenvalue weighted by atomic mass is 10.2. The maximum absolute atomic E-state index is 12.3. The molecule has 0 aliphatic carbocycles. The smallest absolute Gasteiger partial charge is 0.236 e. The number of thiazole rings is 1. The molecule has 1 amide bonds. The zero-order chi connectivity index (χ0) is 20.9. The van der Waals surface area contributed by atoms with E-state index in [1.54, 1.807) is 7.11 Å². The molecule has 0 atom stereocenters. The lowest BCUT2D eigenvalue weighted by Crippen LogP contribution is -2.13. The fourth-order valence-electron chi connectivity index (χ4n) is 2.69. The molecule has 0 spiro atoms. The maximum atomic E-state index is 12.3. The van der Waals surface area contributed by atoms with Gasteiger partial charge < -0.3 is 14.8 Å². The van der Waals surface area contributed by atoms with Crippen molar-refractivity contribution >= 4 is 44.4 Å². The Hall–Kier alpha value is -3.11. The summed E-state index contributed by atoms with van der Waals surface area (Å²) < 4.78 is 11.6. The molecular weight excluding hydrogens is 422 g/mol. The van der Waals surface area contributed by atoms with E-state index in [4.69, 9.17) is 9.47 Å². The van der Waals surface area contributed by atoms with Crippen LogP contribution in [0.15, 0.2) is 47.6 Å². The molecule has 0 saturated heterocycles. The van der Waals surface area contributed by atoms with E-state index in [1.807, 2.05) is 49.4 Å². The third-order valence-electron chi connectivity index (χ3n) is 4.08. The van der Waals surface area contributed by atoms with Crippen molar-refractivity contribution in [3.8, 4) is 22.9 Å². The summed E-state index contributed by atoms with van der Waals surface area (Å²) in [6, 6.07) is 13.2. The van der Waals surface area contributed by atoms with Crippen LogP contribution in [-0.4, -0.2) is 45.5 Å². The van der Waals surface area contributed by atoms with E-state index in [0.717, 1.165) is 27.3 Å². The molecule has 2 N–H and O–H groups in total. The molecule has 8 nitrogen and oxygen atoms in total. The first-order valence-electron chi connectivity index (χ1n) is 9.17. The predicted molar refractivity (Wildman–Crippen MR) is 119 cm³/mol. The van der Waals surface area contributed by atoms with Crippen LogP contribution in [0.1, 0.15) is 6.92 Å². The molecule has 154 valence electrons. The zero-order valence-electron chi connectivity index (χ0n) is 16.3. The normalized spacial score (nSPS) is 10.9. The molecule has 0 fully saturated rings. The van der Waals surface area contributed by atoms with Crippen LogP contribution in [0.2, 0.25) is 0 Å². The highest BCUT2D eigenvalue weighted by Crippen LogP contribution is 2.29. The van der Waals surface area contributed by atoms with Gasteiger partial charge in [0.2, 0.25) is 11.1 Å². The van der Waals surface area contributed by atoms with Gasteiger partial charge in [-0.15, -0.1) is 5.10 Å². The van der Waals surface area contributed by atoms with Gasteiger partial charge in [0.1, 0.15) is 11.5 Å². The number of amides is 1. The fourth-order valence-corrected chi connectivity index (χ4v) is 4.20. The number of hydrogen-bond donors (Lipinski definition) is 2. The number of aromatic nitrogens is 4. The van der Waals surface area contributed by atoms with E-state index in [1.165, 1.54) is 23.1 Å². The van der Waals surface area contributed by atoms with Gasteiger partial charge in [-0.2, -0.15) is 0 Å². The molecule has 0 unspecified atom stereocenters. The number of methoxy groups -OCH3 is 1. The first-order chi connectivity index (χ1) is 14.6. The second-order valence-corrected chi connectivity index (χ2v) is 8.09. The second kappa shape index (κ2) is 9.14. The van der Waals surface area contributed by atoms with E-state index < -0.39 is 0 Å². The number of carbonyl (C=O) groups excluding carboxylic acids is 1. The SMILES string of the molecule is CCOc1ccc2nc(NC(=O)CSc3n[nH]c(-c4ccc(OC)cc4)n3)sc2c1. The van der Waals surface area contributed by atoms with Crippen molar-refractivity contribution < 1.29 is 14.3 Å². The van der Waals surface area contributed by atoms with E-state index in [-0.39, 0.29) is 11.7 Å². The molecule has 2 heterocycles. The van der Waals surface area contributed by atoms with Gasteiger partial charge in [-0.1, -0.05) is 23.1 Å². The quantitative estimate of drug-likeness (QED) is 0.395. The van der Waals surface area contributed by atoms with Crippen molar-refractivity contribution in [3.63, 3.8) is 0 Å². The Balaban J connectivity index is 1.34. The van der Waals surface area contributed by atoms with Crippen LogP contribution in [0.4, 0.5) is 5.13 Å². The Bertz CT molecular complexity index is 1160. The minimum Gasteiger partial charge on any atom is -0.497 e. The number of fused-ring (bicyclic) bond motifs is 1. The van der Waals surface area contributed by atoms with Crippen LogP contribution < -0.4 is 14.8 Å². The third kappa shape index (κ3) is 4.71. The van der Waals surface area contributed by atoms with E-state index in [9.17, 15) is 4.79 Å². The molecule has 30 heavy (non-hydrogen) atoms. The predicted octanol–water partition coefficient (Wildman–Crippen LogP) is 4.22. The standard InChI is InChI=1S/C20H19N5O3S2/c1-3-28-14-8-9-15-16(10-14)30-19(21-15)22-17(26)11-29-20-23-18(24-25-20)12-4-6-13(27-2)7-5-12/h4-10H,3,11H2,1-2H3,(H,21,22,26)(H,23,24,25). The topological polar surface area (TPSA) is 102 Å². The fraction of sp³-hybridized carbons (Fsp3) is 0.200. The maximum Gasteiger partial charge on any atom is 0.236 e. The van der Waals surface area contributed by atoms with Crippen molar-refractivity contribution in [1.82, 2.24) is 20.2 Å². The average Bonchev–Trinajstić information content (AvgIpc) is 3.39. The van der Waals surface area contributed by atoms with Crippen LogP contribution >= 0.6 is 23.1 Å². The van der Waals surface area contributed by atoms with Gasteiger partial charge in [0.25, 0.3) is 0 Å². The highest BCUT2D eigenvalue weighted by atomic mass is 32.2. The van der Waals surface area contributed by atoms with Crippen molar-refractivity contribution in [2.24, 2.45) is 0 Å². The van der Waals surface area contributed by atoms with Gasteiger partial charge in [-0.3, -0.25) is 9.89 Å². The molecule has 10 heteroatoms. The number of hydrogen-bond acceptors (Lipinski definition) is 8. The summed E-state index contributed by atoms with van der Waals surface area (Å²) in [7, 11) is 1.62. The van der Waals surface area contributed by atoms with E-state index in [2.05, 4.69) is 25.5 Å². The summed E-state index contributed by atoms with van der Waals surface area (Å²) in [5.74, 6) is 2.21. The molecule has 0 saturated carbocycles. The summed E-state index contributed by atoms with van der Waals surface area (Å²) in [6.45, 7) is 2.54. The number of aromatic amines is 1. The molecule has 2 aromatic carbocycles. The monoisotopic (exact) mass is 441 g/mol. The molecule has 4 aromatic rings. The van der Waals surface area contributed by atoms with Crippen molar-refractivity contribution in [3.05, 3.63) is 42.5 Å². The van der Waals surface area contributed by atoms with Gasteiger partial charge in [0.05, 0.1) is 29.7 Å². The van der Waals surface area contributed by atoms with E-state index in [0.29, 0.717) is 22.7 Å². The summed E-state index contributed by atoms with van der Waals surface area (Å²) >= 11 is 2.67. The Morgan fingerprint density at radius 2 is 1.97 bits per heavy atom. The Kier molecular flexibility index (Phi) is 6.15. The minimum absolute atomic E-state index is 0.167. The largest absolute Gasteiger partial charge is 0.497 e. The van der Waals surface area contributed by atoms with Gasteiger partial charge >= 0.3 is 0 Å². The molecule has 0 aliphatic heterocycles. The molecule has 4 rings (SSSR count). The van der Waals surface area contributed by atoms with Crippen LogP contribution in [0.5, 0.6) is 11.5 Å². The number of anilines is 1. The summed E-state index contributed by atoms with van der Waals surface area (Å²) in [5.41, 5.74) is 1.71. The van der Waals surface area contributed by atoms with Crippen molar-refractivity contribution in [1.29, 1.82) is 0 Å². The highest BCUT2D eigenvalue weighted by molar-refractivity contribution is 7.99. The molecule has 2 aromatic heterocycles. The van der Waals surface area contributed by atoms with Crippen LogP contribution in [-0.2, 0) is 4.79 Å². The van der Waals surface area contributed by atoms with E-state index >= 15 is 0 Å². The van der Waals surface area contributed by atoms with Crippen LogP contribution in [0, 0.1) is 0 Å². The van der Waals surface area contributed by atoms with Crippen molar-refractivity contribution in [2.75, 3.05) is 24.8 Å². The molecule has 0 radical (unpaired) electrons. The number of rotatable bonds is 8. The number of thioether (sulfide) groups is 1. The third-order valence-corrected chi connectivity index (χ3v) is 5.86. The van der Waals surface area contributed by atoms with Gasteiger partial charge in [-0.25, -0.2) is 9.97 Å². The number of ether oxygens (including phenoxy) is 2. The number of carbonyl (C=O) groups is 1. The van der Waals surface area contributed by atoms with Crippen molar-refractivity contribution in [2.45, 2.75) is 12.1 Å². The first kappa shape index (κ1) is 20.2. The lowest BCUT2D eigenvalue weighted by molar-refractivity contribution is -0.113. The van der Waals surface area contributed by atoms with Gasteiger partial charge in [0, 0.05) is 5.56 Å². The molecule has 0 bridgehead atoms. The number of nitrogens with zero attached hydrogens (tertiary/aromatic N) is 3. The number of H-pyrrole nitrogens is 1. The second-order valence-electron chi connectivity index (χ2n) is 6.11. The Morgan fingerprint density at radius 1 is 1.17 bits per heavy atom. The van der Waals surface area contributed by atoms with Crippen LogP contribution in [0.3, 0.4) is 0 Å². The van der Waals surface area contributed by atoms with Gasteiger partial charge in [0.15, 0.2) is 11.0 Å². The highest BCUT2D eigenvalue weighted by Gasteiger charge is 2.12. The first-order valence-corrected chi connectivity index (χ1v) is 11.0. The lowest BCUT2D eigenvalue weighted by Gasteiger charge is -2.00. The van der Waals surface area contributed by atoms with Gasteiger partial charge in [-0.05, 0) is 49.4 Å². The number of benzene rings is 2. The Morgan fingerprint density at radius 3 is 2.73 bits per heavy atom. The average molecular weight is 442 g/mol. The summed E-state index contributed by atoms with van der Waals surface area (Å²) in [5, 5.41) is 10.9. The molecule has 0 aliphatic rings. The minimum atomic E-state index is -0.167. The van der Waals surface area contributed by atoms with Crippen LogP contribution in [0.25, 0.3) is 21.6 Å². The number of nitrogens with one attached hydrogen (secondary N) is 2. The molecular formula is C20H19N5O3S2. The summed E-state index contributed by atoms with van der Waals surface area (Å²) in [6.07, 6.45) is 0. The summed E-state index contributed by atoms with van der Waals surface area (Å²) in [4.78, 5) is 21.2. The Labute approximate surface area is 181 Å².